The molecule has 1 heterocycles. The lowest BCUT2D eigenvalue weighted by Gasteiger charge is -2.21. The highest BCUT2D eigenvalue weighted by atomic mass is 16.5. The van der Waals surface area contributed by atoms with Gasteiger partial charge in [0.25, 0.3) is 0 Å². The third-order valence-corrected chi connectivity index (χ3v) is 2.38. The van der Waals surface area contributed by atoms with E-state index >= 15 is 0 Å². The molecule has 1 rings (SSSR count). The van der Waals surface area contributed by atoms with Crippen molar-refractivity contribution in [2.45, 2.75) is 32.8 Å². The molecule has 0 atom stereocenters. The van der Waals surface area contributed by atoms with Crippen LogP contribution in [0.1, 0.15) is 27.2 Å². The number of nitrogens with one attached hydrogen (secondary N) is 1. The monoisotopic (exact) mass is 266 g/mol. The SMILES string of the molecule is CN(C)CCCNc1ccc(N)c(OC(C)(C)C)n1. The van der Waals surface area contributed by atoms with Crippen LogP contribution in [-0.2, 0) is 0 Å². The zero-order valence-corrected chi connectivity index (χ0v) is 12.7. The van der Waals surface area contributed by atoms with Crippen LogP contribution in [0.5, 0.6) is 5.88 Å². The standard InChI is InChI=1S/C14H26N4O/c1-14(2,3)19-13-11(15)7-8-12(17-13)16-9-6-10-18(4)5/h7-8H,6,9-10,15H2,1-5H3,(H,16,17). The molecule has 108 valence electrons. The van der Waals surface area contributed by atoms with Gasteiger partial charge >= 0.3 is 0 Å². The quantitative estimate of drug-likeness (QED) is 0.773. The van der Waals surface area contributed by atoms with Crippen LogP contribution < -0.4 is 15.8 Å². The summed E-state index contributed by atoms with van der Waals surface area (Å²) in [6, 6.07) is 3.70. The number of aromatic nitrogens is 1. The molecule has 0 aliphatic heterocycles. The van der Waals surface area contributed by atoms with Crippen molar-refractivity contribution in [3.8, 4) is 5.88 Å². The molecule has 0 aromatic carbocycles. The Kier molecular flexibility index (Phi) is 5.42. The molecule has 1 aromatic rings. The normalized spacial score (nSPS) is 11.7. The zero-order valence-electron chi connectivity index (χ0n) is 12.7. The van der Waals surface area contributed by atoms with Gasteiger partial charge in [0, 0.05) is 6.54 Å². The molecular formula is C14H26N4O. The Morgan fingerprint density at radius 3 is 2.58 bits per heavy atom. The minimum atomic E-state index is -0.301. The van der Waals surface area contributed by atoms with Gasteiger partial charge in [-0.25, -0.2) is 0 Å². The summed E-state index contributed by atoms with van der Waals surface area (Å²) >= 11 is 0. The number of nitrogen functional groups attached to an aromatic ring is 1. The lowest BCUT2D eigenvalue weighted by molar-refractivity contribution is 0.125. The minimum Gasteiger partial charge on any atom is -0.470 e. The molecule has 5 nitrogen and oxygen atoms in total. The van der Waals surface area contributed by atoms with Crippen LogP contribution in [0.3, 0.4) is 0 Å². The second-order valence-corrected chi connectivity index (χ2v) is 5.89. The van der Waals surface area contributed by atoms with Crippen LogP contribution in [0, 0.1) is 0 Å². The Bertz CT molecular complexity index is 399. The van der Waals surface area contributed by atoms with Gasteiger partial charge in [-0.3, -0.25) is 0 Å². The van der Waals surface area contributed by atoms with E-state index in [0.717, 1.165) is 25.3 Å². The molecule has 0 unspecified atom stereocenters. The Hall–Kier alpha value is -1.49. The van der Waals surface area contributed by atoms with E-state index in [0.29, 0.717) is 11.6 Å². The number of ether oxygens (including phenoxy) is 1. The van der Waals surface area contributed by atoms with Crippen LogP contribution in [-0.4, -0.2) is 42.7 Å². The third kappa shape index (κ3) is 6.29. The van der Waals surface area contributed by atoms with Crippen molar-refractivity contribution in [1.82, 2.24) is 9.88 Å². The average Bonchev–Trinajstić information content (AvgIpc) is 2.26. The number of pyridine rings is 1. The first-order valence-corrected chi connectivity index (χ1v) is 6.62. The molecular weight excluding hydrogens is 240 g/mol. The van der Waals surface area contributed by atoms with Crippen LogP contribution in [0.4, 0.5) is 11.5 Å². The van der Waals surface area contributed by atoms with E-state index in [1.54, 1.807) is 0 Å². The molecule has 0 aliphatic carbocycles. The minimum absolute atomic E-state index is 0.301. The van der Waals surface area contributed by atoms with Crippen LogP contribution in [0.25, 0.3) is 0 Å². The fourth-order valence-electron chi connectivity index (χ4n) is 1.53. The second kappa shape index (κ2) is 6.61. The van der Waals surface area contributed by atoms with Gasteiger partial charge in [0.2, 0.25) is 5.88 Å². The van der Waals surface area contributed by atoms with Crippen molar-refractivity contribution in [2.24, 2.45) is 0 Å². The van der Waals surface area contributed by atoms with Gasteiger partial charge in [-0.2, -0.15) is 4.98 Å². The number of hydrogen-bond acceptors (Lipinski definition) is 5. The number of nitrogens with zero attached hydrogens (tertiary/aromatic N) is 2. The van der Waals surface area contributed by atoms with Gasteiger partial charge in [-0.1, -0.05) is 0 Å². The number of rotatable bonds is 6. The first kappa shape index (κ1) is 15.6. The zero-order chi connectivity index (χ0) is 14.5. The van der Waals surface area contributed by atoms with Crippen LogP contribution in [0.2, 0.25) is 0 Å². The van der Waals surface area contributed by atoms with Gasteiger partial charge in [0.1, 0.15) is 11.4 Å². The summed E-state index contributed by atoms with van der Waals surface area (Å²) in [6.45, 7) is 7.86. The number of nitrogens with two attached hydrogens (primary N) is 1. The van der Waals surface area contributed by atoms with E-state index in [2.05, 4.69) is 29.3 Å². The van der Waals surface area contributed by atoms with Crippen LogP contribution in [0.15, 0.2) is 12.1 Å². The summed E-state index contributed by atoms with van der Waals surface area (Å²) in [7, 11) is 4.13. The van der Waals surface area contributed by atoms with Crippen LogP contribution >= 0.6 is 0 Å². The predicted octanol–water partition coefficient (Wildman–Crippen LogP) is 2.20. The first-order chi connectivity index (χ1) is 8.78. The highest BCUT2D eigenvalue weighted by Gasteiger charge is 2.15. The molecule has 0 fully saturated rings. The van der Waals surface area contributed by atoms with Crippen molar-refractivity contribution in [3.05, 3.63) is 12.1 Å². The van der Waals surface area contributed by atoms with E-state index in [1.165, 1.54) is 0 Å². The summed E-state index contributed by atoms with van der Waals surface area (Å²) in [5.74, 6) is 1.29. The van der Waals surface area contributed by atoms with E-state index in [4.69, 9.17) is 10.5 Å². The molecule has 0 bridgehead atoms. The van der Waals surface area contributed by atoms with Crippen molar-refractivity contribution in [1.29, 1.82) is 0 Å². The fourth-order valence-corrected chi connectivity index (χ4v) is 1.53. The van der Waals surface area contributed by atoms with Gasteiger partial charge < -0.3 is 20.7 Å². The third-order valence-electron chi connectivity index (χ3n) is 2.38. The van der Waals surface area contributed by atoms with E-state index in [-0.39, 0.29) is 5.60 Å². The molecule has 0 saturated heterocycles. The topological polar surface area (TPSA) is 63.4 Å². The molecule has 0 aliphatic rings. The Morgan fingerprint density at radius 1 is 1.32 bits per heavy atom. The molecule has 3 N–H and O–H groups in total. The molecule has 5 heteroatoms. The molecule has 0 spiro atoms. The Morgan fingerprint density at radius 2 is 2.00 bits per heavy atom. The molecule has 0 amide bonds. The lowest BCUT2D eigenvalue weighted by atomic mass is 10.2. The molecule has 19 heavy (non-hydrogen) atoms. The molecule has 1 aromatic heterocycles. The van der Waals surface area contributed by atoms with Gasteiger partial charge in [-0.05, 0) is 60.0 Å². The van der Waals surface area contributed by atoms with Crippen molar-refractivity contribution in [2.75, 3.05) is 38.2 Å². The lowest BCUT2D eigenvalue weighted by Crippen LogP contribution is -2.24. The number of hydrogen-bond donors (Lipinski definition) is 2. The summed E-state index contributed by atoms with van der Waals surface area (Å²) in [5.41, 5.74) is 6.13. The smallest absolute Gasteiger partial charge is 0.239 e. The van der Waals surface area contributed by atoms with Crippen molar-refractivity contribution >= 4 is 11.5 Å². The maximum absolute atomic E-state index is 5.87. The predicted molar refractivity (Wildman–Crippen MR) is 80.7 cm³/mol. The second-order valence-electron chi connectivity index (χ2n) is 5.89. The first-order valence-electron chi connectivity index (χ1n) is 6.62. The average molecular weight is 266 g/mol. The van der Waals surface area contributed by atoms with Crippen molar-refractivity contribution < 1.29 is 4.74 Å². The maximum Gasteiger partial charge on any atom is 0.239 e. The molecule has 0 radical (unpaired) electrons. The van der Waals surface area contributed by atoms with Crippen molar-refractivity contribution in [3.63, 3.8) is 0 Å². The van der Waals surface area contributed by atoms with E-state index in [9.17, 15) is 0 Å². The summed E-state index contributed by atoms with van der Waals surface area (Å²) in [4.78, 5) is 6.56. The Balaban J connectivity index is 2.58. The summed E-state index contributed by atoms with van der Waals surface area (Å²) in [5, 5.41) is 3.28. The number of anilines is 2. The fraction of sp³-hybridized carbons (Fsp3) is 0.643. The van der Waals surface area contributed by atoms with Gasteiger partial charge in [-0.15, -0.1) is 0 Å². The highest BCUT2D eigenvalue weighted by molar-refractivity contribution is 5.53. The van der Waals surface area contributed by atoms with E-state index < -0.39 is 0 Å². The largest absolute Gasteiger partial charge is 0.470 e. The van der Waals surface area contributed by atoms with E-state index in [1.807, 2.05) is 32.9 Å². The summed E-state index contributed by atoms with van der Waals surface area (Å²) in [6.07, 6.45) is 1.06. The highest BCUT2D eigenvalue weighted by Crippen LogP contribution is 2.24. The summed E-state index contributed by atoms with van der Waals surface area (Å²) < 4.78 is 5.73. The Labute approximate surface area is 116 Å². The molecule has 0 saturated carbocycles. The van der Waals surface area contributed by atoms with Gasteiger partial charge in [0.15, 0.2) is 0 Å². The van der Waals surface area contributed by atoms with Gasteiger partial charge in [0.05, 0.1) is 5.69 Å². The maximum atomic E-state index is 5.87.